The molecule has 19 heavy (non-hydrogen) atoms. The molecule has 4 nitrogen and oxygen atoms in total. The molecule has 1 saturated carbocycles. The van der Waals surface area contributed by atoms with Crippen LogP contribution in [-0.2, 0) is 0 Å². The minimum atomic E-state index is -0.185. The van der Waals surface area contributed by atoms with E-state index in [-0.39, 0.29) is 28.8 Å². The molecule has 0 bridgehead atoms. The van der Waals surface area contributed by atoms with Crippen LogP contribution in [0.5, 0.6) is 0 Å². The summed E-state index contributed by atoms with van der Waals surface area (Å²) in [5.74, 6) is -0.185. The highest BCUT2D eigenvalue weighted by Gasteiger charge is 2.60. The van der Waals surface area contributed by atoms with E-state index in [9.17, 15) is 4.79 Å². The lowest BCUT2D eigenvalue weighted by Gasteiger charge is -2.62. The van der Waals surface area contributed by atoms with E-state index in [1.807, 2.05) is 0 Å². The van der Waals surface area contributed by atoms with Crippen molar-refractivity contribution in [2.75, 3.05) is 0 Å². The molecule has 104 valence electrons. The molecule has 1 aliphatic carbocycles. The summed E-state index contributed by atoms with van der Waals surface area (Å²) in [5.41, 5.74) is 6.31. The van der Waals surface area contributed by atoms with Gasteiger partial charge in [0.2, 0.25) is 0 Å². The quantitative estimate of drug-likeness (QED) is 0.873. The van der Waals surface area contributed by atoms with Gasteiger partial charge >= 0.3 is 0 Å². The van der Waals surface area contributed by atoms with Crippen LogP contribution in [0.4, 0.5) is 0 Å². The number of nitrogens with zero attached hydrogens (tertiary/aromatic N) is 1. The summed E-state index contributed by atoms with van der Waals surface area (Å²) >= 11 is 5.76. The van der Waals surface area contributed by atoms with E-state index in [1.54, 1.807) is 12.1 Å². The van der Waals surface area contributed by atoms with Crippen molar-refractivity contribution in [1.29, 1.82) is 0 Å². The smallest absolute Gasteiger partial charge is 0.270 e. The molecule has 2 rings (SSSR count). The second-order valence-electron chi connectivity index (χ2n) is 6.39. The van der Waals surface area contributed by atoms with Crippen LogP contribution >= 0.6 is 11.6 Å². The van der Waals surface area contributed by atoms with Crippen molar-refractivity contribution in [2.45, 2.75) is 39.8 Å². The number of carbonyl (C=O) groups excluding carboxylic acids is 1. The van der Waals surface area contributed by atoms with Crippen LogP contribution in [0.3, 0.4) is 0 Å². The second kappa shape index (κ2) is 4.46. The van der Waals surface area contributed by atoms with Crippen molar-refractivity contribution in [3.8, 4) is 0 Å². The minimum Gasteiger partial charge on any atom is -0.347 e. The number of aromatic nitrogens is 1. The zero-order chi connectivity index (χ0) is 14.4. The summed E-state index contributed by atoms with van der Waals surface area (Å²) in [4.78, 5) is 16.2. The molecule has 1 aromatic rings. The van der Waals surface area contributed by atoms with Gasteiger partial charge in [-0.05, 0) is 12.1 Å². The highest BCUT2D eigenvalue weighted by Crippen LogP contribution is 2.52. The first-order chi connectivity index (χ1) is 8.67. The number of carbonyl (C=O) groups is 1. The van der Waals surface area contributed by atoms with Gasteiger partial charge in [-0.25, -0.2) is 4.98 Å². The fourth-order valence-electron chi connectivity index (χ4n) is 3.27. The summed E-state index contributed by atoms with van der Waals surface area (Å²) in [6, 6.07) is 3.37. The van der Waals surface area contributed by atoms with Gasteiger partial charge in [0.25, 0.3) is 5.91 Å². The van der Waals surface area contributed by atoms with Gasteiger partial charge in [0.1, 0.15) is 5.69 Å². The summed E-state index contributed by atoms with van der Waals surface area (Å²) in [7, 11) is 0. The van der Waals surface area contributed by atoms with E-state index in [1.165, 1.54) is 6.20 Å². The third-order valence-corrected chi connectivity index (χ3v) is 4.55. The molecule has 0 radical (unpaired) electrons. The van der Waals surface area contributed by atoms with Gasteiger partial charge in [0, 0.05) is 29.1 Å². The Hall–Kier alpha value is -1.13. The zero-order valence-electron chi connectivity index (χ0n) is 11.7. The predicted octanol–water partition coefficient (Wildman–Crippen LogP) is 2.23. The highest BCUT2D eigenvalue weighted by atomic mass is 35.5. The van der Waals surface area contributed by atoms with Gasteiger partial charge in [-0.2, -0.15) is 0 Å². The van der Waals surface area contributed by atoms with Crippen molar-refractivity contribution in [3.63, 3.8) is 0 Å². The fourth-order valence-corrected chi connectivity index (χ4v) is 3.38. The average molecular weight is 282 g/mol. The van der Waals surface area contributed by atoms with Gasteiger partial charge in [-0.1, -0.05) is 39.3 Å². The maximum atomic E-state index is 12.2. The molecule has 1 amide bonds. The Morgan fingerprint density at radius 3 is 2.37 bits per heavy atom. The molecule has 0 aromatic carbocycles. The van der Waals surface area contributed by atoms with Crippen LogP contribution in [0.1, 0.15) is 38.2 Å². The monoisotopic (exact) mass is 281 g/mol. The topological polar surface area (TPSA) is 68.0 Å². The van der Waals surface area contributed by atoms with E-state index in [0.29, 0.717) is 10.7 Å². The molecule has 3 N–H and O–H groups in total. The maximum absolute atomic E-state index is 12.2. The highest BCUT2D eigenvalue weighted by molar-refractivity contribution is 6.30. The van der Waals surface area contributed by atoms with Crippen molar-refractivity contribution in [3.05, 3.63) is 29.0 Å². The SMILES string of the molecule is CC1(C)C(N)C(C)(C)C1NC(=O)c1ccc(Cl)cn1. The molecule has 0 aliphatic heterocycles. The molecule has 1 heterocycles. The van der Waals surface area contributed by atoms with E-state index in [4.69, 9.17) is 17.3 Å². The molecular weight excluding hydrogens is 262 g/mol. The van der Waals surface area contributed by atoms with E-state index in [0.717, 1.165) is 0 Å². The van der Waals surface area contributed by atoms with Crippen molar-refractivity contribution in [2.24, 2.45) is 16.6 Å². The van der Waals surface area contributed by atoms with Crippen molar-refractivity contribution in [1.82, 2.24) is 10.3 Å². The van der Waals surface area contributed by atoms with Gasteiger partial charge < -0.3 is 11.1 Å². The molecule has 1 aliphatic rings. The first-order valence-corrected chi connectivity index (χ1v) is 6.73. The number of rotatable bonds is 2. The number of amides is 1. The first-order valence-electron chi connectivity index (χ1n) is 6.35. The lowest BCUT2D eigenvalue weighted by atomic mass is 9.48. The first kappa shape index (κ1) is 14.3. The fraction of sp³-hybridized carbons (Fsp3) is 0.571. The number of nitrogens with two attached hydrogens (primary N) is 1. The van der Waals surface area contributed by atoms with Crippen LogP contribution in [-0.4, -0.2) is 23.0 Å². The number of pyridine rings is 1. The van der Waals surface area contributed by atoms with Crippen LogP contribution in [0.2, 0.25) is 5.02 Å². The summed E-state index contributed by atoms with van der Waals surface area (Å²) in [6.07, 6.45) is 1.47. The third-order valence-electron chi connectivity index (χ3n) is 4.33. The van der Waals surface area contributed by atoms with Crippen LogP contribution in [0.15, 0.2) is 18.3 Å². The van der Waals surface area contributed by atoms with Gasteiger partial charge in [0.15, 0.2) is 0 Å². The lowest BCUT2D eigenvalue weighted by Crippen LogP contribution is -2.76. The van der Waals surface area contributed by atoms with Crippen LogP contribution in [0, 0.1) is 10.8 Å². The normalized spacial score (nSPS) is 27.5. The van der Waals surface area contributed by atoms with Crippen LogP contribution < -0.4 is 11.1 Å². The third kappa shape index (κ3) is 2.23. The Labute approximate surface area is 118 Å². The Bertz CT molecular complexity index is 480. The van der Waals surface area contributed by atoms with Crippen molar-refractivity contribution >= 4 is 17.5 Å². The number of nitrogens with one attached hydrogen (secondary N) is 1. The minimum absolute atomic E-state index is 0.0278. The molecular formula is C14H20ClN3O. The molecule has 0 atom stereocenters. The van der Waals surface area contributed by atoms with Crippen LogP contribution in [0.25, 0.3) is 0 Å². The number of hydrogen-bond acceptors (Lipinski definition) is 3. The maximum Gasteiger partial charge on any atom is 0.270 e. The lowest BCUT2D eigenvalue weighted by molar-refractivity contribution is -0.0664. The molecule has 5 heteroatoms. The molecule has 1 fully saturated rings. The Balaban J connectivity index is 2.13. The molecule has 0 unspecified atom stereocenters. The second-order valence-corrected chi connectivity index (χ2v) is 6.82. The standard InChI is InChI=1S/C14H20ClN3O/c1-13(2)11(16)14(3,4)12(13)18-10(19)9-6-5-8(15)7-17-9/h5-7,11-12H,16H2,1-4H3,(H,18,19). The van der Waals surface area contributed by atoms with Gasteiger partial charge in [0.05, 0.1) is 5.02 Å². The Morgan fingerprint density at radius 1 is 1.32 bits per heavy atom. The van der Waals surface area contributed by atoms with E-state index < -0.39 is 0 Å². The van der Waals surface area contributed by atoms with Gasteiger partial charge in [-0.3, -0.25) is 4.79 Å². The summed E-state index contributed by atoms with van der Waals surface area (Å²) in [5, 5.41) is 3.56. The number of halogens is 1. The number of hydrogen-bond donors (Lipinski definition) is 2. The zero-order valence-corrected chi connectivity index (χ0v) is 12.5. The summed E-state index contributed by atoms with van der Waals surface area (Å²) in [6.45, 7) is 8.29. The van der Waals surface area contributed by atoms with E-state index in [2.05, 4.69) is 38.0 Å². The summed E-state index contributed by atoms with van der Waals surface area (Å²) < 4.78 is 0. The predicted molar refractivity (Wildman–Crippen MR) is 76.0 cm³/mol. The molecule has 0 spiro atoms. The molecule has 0 saturated heterocycles. The van der Waals surface area contributed by atoms with Crippen molar-refractivity contribution < 1.29 is 4.79 Å². The largest absolute Gasteiger partial charge is 0.347 e. The average Bonchev–Trinajstić information content (AvgIpc) is 2.35. The van der Waals surface area contributed by atoms with E-state index >= 15 is 0 Å². The molecule has 1 aromatic heterocycles. The Kier molecular flexibility index (Phi) is 3.35. The Morgan fingerprint density at radius 2 is 1.89 bits per heavy atom. The van der Waals surface area contributed by atoms with Gasteiger partial charge in [-0.15, -0.1) is 0 Å².